The molecule has 0 amide bonds. The molecule has 1 saturated carbocycles. The lowest BCUT2D eigenvalue weighted by Gasteiger charge is -2.25. The van der Waals surface area contributed by atoms with E-state index < -0.39 is 5.60 Å². The molecular formula is C11H15BrOS. The van der Waals surface area contributed by atoms with Crippen LogP contribution in [-0.2, 0) is 5.60 Å². The summed E-state index contributed by atoms with van der Waals surface area (Å²) in [6, 6.07) is 0. The van der Waals surface area contributed by atoms with Crippen LogP contribution in [0.1, 0.15) is 38.7 Å². The van der Waals surface area contributed by atoms with Gasteiger partial charge in [-0.1, -0.05) is 13.8 Å². The molecule has 1 fully saturated rings. The second-order valence-corrected chi connectivity index (χ2v) is 6.60. The quantitative estimate of drug-likeness (QED) is 0.824. The van der Waals surface area contributed by atoms with Gasteiger partial charge in [0.25, 0.3) is 0 Å². The van der Waals surface area contributed by atoms with E-state index in [9.17, 15) is 5.11 Å². The molecule has 1 aliphatic rings. The maximum atomic E-state index is 10.5. The summed E-state index contributed by atoms with van der Waals surface area (Å²) in [6.07, 6.45) is 2.86. The van der Waals surface area contributed by atoms with E-state index in [0.29, 0.717) is 0 Å². The summed E-state index contributed by atoms with van der Waals surface area (Å²) in [5.74, 6) is 0. The summed E-state index contributed by atoms with van der Waals surface area (Å²) in [5.41, 5.74) is 0.756. The SMILES string of the molecule is CC1(C)CCC(O)(c2cscc2Br)C1. The van der Waals surface area contributed by atoms with Crippen LogP contribution in [0.25, 0.3) is 0 Å². The van der Waals surface area contributed by atoms with Crippen molar-refractivity contribution < 1.29 is 5.11 Å². The van der Waals surface area contributed by atoms with Gasteiger partial charge in [0.05, 0.1) is 5.60 Å². The lowest BCUT2D eigenvalue weighted by atomic mass is 9.87. The Kier molecular flexibility index (Phi) is 2.53. The first-order valence-corrected chi connectivity index (χ1v) is 6.61. The molecule has 3 heteroatoms. The van der Waals surface area contributed by atoms with Crippen molar-refractivity contribution in [1.29, 1.82) is 0 Å². The van der Waals surface area contributed by atoms with Crippen LogP contribution in [0.4, 0.5) is 0 Å². The molecule has 1 aromatic rings. The second-order valence-electron chi connectivity index (χ2n) is 5.01. The lowest BCUT2D eigenvalue weighted by Crippen LogP contribution is -2.23. The van der Waals surface area contributed by atoms with E-state index in [1.54, 1.807) is 11.3 Å². The molecule has 1 atom stereocenters. The third-order valence-electron chi connectivity index (χ3n) is 3.10. The molecule has 0 bridgehead atoms. The Balaban J connectivity index is 2.32. The van der Waals surface area contributed by atoms with E-state index in [-0.39, 0.29) is 5.41 Å². The fourth-order valence-electron chi connectivity index (χ4n) is 2.36. The molecule has 0 spiro atoms. The van der Waals surface area contributed by atoms with Gasteiger partial charge < -0.3 is 5.11 Å². The topological polar surface area (TPSA) is 20.2 Å². The highest BCUT2D eigenvalue weighted by Crippen LogP contribution is 2.50. The van der Waals surface area contributed by atoms with E-state index >= 15 is 0 Å². The molecule has 1 heterocycles. The first-order chi connectivity index (χ1) is 6.43. The van der Waals surface area contributed by atoms with Crippen LogP contribution in [-0.4, -0.2) is 5.11 Å². The Labute approximate surface area is 97.3 Å². The first kappa shape index (κ1) is 10.7. The molecule has 0 radical (unpaired) electrons. The van der Waals surface area contributed by atoms with E-state index in [1.165, 1.54) is 0 Å². The normalized spacial score (nSPS) is 30.9. The smallest absolute Gasteiger partial charge is 0.0920 e. The molecule has 2 rings (SSSR count). The molecule has 0 aliphatic heterocycles. The van der Waals surface area contributed by atoms with Crippen LogP contribution >= 0.6 is 27.3 Å². The number of rotatable bonds is 1. The first-order valence-electron chi connectivity index (χ1n) is 4.88. The van der Waals surface area contributed by atoms with Crippen LogP contribution < -0.4 is 0 Å². The number of halogens is 1. The number of hydrogen-bond acceptors (Lipinski definition) is 2. The molecule has 1 N–H and O–H groups in total. The monoisotopic (exact) mass is 274 g/mol. The Morgan fingerprint density at radius 1 is 1.36 bits per heavy atom. The third kappa shape index (κ3) is 1.77. The number of hydrogen-bond donors (Lipinski definition) is 1. The lowest BCUT2D eigenvalue weighted by molar-refractivity contribution is 0.0336. The van der Waals surface area contributed by atoms with E-state index in [4.69, 9.17) is 0 Å². The van der Waals surface area contributed by atoms with E-state index in [1.807, 2.05) is 5.38 Å². The van der Waals surface area contributed by atoms with Crippen LogP contribution in [0, 0.1) is 5.41 Å². The highest BCUT2D eigenvalue weighted by atomic mass is 79.9. The van der Waals surface area contributed by atoms with Crippen molar-refractivity contribution in [3.63, 3.8) is 0 Å². The van der Waals surface area contributed by atoms with Crippen molar-refractivity contribution in [2.75, 3.05) is 0 Å². The number of thiophene rings is 1. The van der Waals surface area contributed by atoms with Crippen molar-refractivity contribution in [2.24, 2.45) is 5.41 Å². The highest BCUT2D eigenvalue weighted by Gasteiger charge is 2.43. The van der Waals surface area contributed by atoms with Crippen molar-refractivity contribution in [2.45, 2.75) is 38.7 Å². The predicted octanol–water partition coefficient (Wildman–Crippen LogP) is 3.91. The summed E-state index contributed by atoms with van der Waals surface area (Å²) in [7, 11) is 0. The maximum absolute atomic E-state index is 10.5. The van der Waals surface area contributed by atoms with E-state index in [0.717, 1.165) is 29.3 Å². The number of aliphatic hydroxyl groups is 1. The van der Waals surface area contributed by atoms with Crippen molar-refractivity contribution >= 4 is 27.3 Å². The summed E-state index contributed by atoms with van der Waals surface area (Å²) < 4.78 is 1.06. The average Bonchev–Trinajstić information content (AvgIpc) is 2.57. The second kappa shape index (κ2) is 3.32. The van der Waals surface area contributed by atoms with Gasteiger partial charge in [-0.15, -0.1) is 0 Å². The van der Waals surface area contributed by atoms with Gasteiger partial charge in [-0.25, -0.2) is 0 Å². The van der Waals surface area contributed by atoms with Crippen molar-refractivity contribution in [3.05, 3.63) is 20.8 Å². The van der Waals surface area contributed by atoms with Gasteiger partial charge >= 0.3 is 0 Å². The Bertz CT molecular complexity index is 345. The molecular weight excluding hydrogens is 260 g/mol. The predicted molar refractivity (Wildman–Crippen MR) is 63.5 cm³/mol. The van der Waals surface area contributed by atoms with Crippen LogP contribution in [0.3, 0.4) is 0 Å². The standard InChI is InChI=1S/C11H15BrOS/c1-10(2)3-4-11(13,7-10)8-5-14-6-9(8)12/h5-6,13H,3-4,7H2,1-2H3. The maximum Gasteiger partial charge on any atom is 0.0920 e. The largest absolute Gasteiger partial charge is 0.385 e. The fraction of sp³-hybridized carbons (Fsp3) is 0.636. The minimum absolute atomic E-state index is 0.274. The highest BCUT2D eigenvalue weighted by molar-refractivity contribution is 9.10. The van der Waals surface area contributed by atoms with Crippen molar-refractivity contribution in [1.82, 2.24) is 0 Å². The molecule has 78 valence electrons. The van der Waals surface area contributed by atoms with Gasteiger partial charge in [0, 0.05) is 15.4 Å². The third-order valence-corrected chi connectivity index (χ3v) is 4.81. The molecule has 1 aromatic heterocycles. The molecule has 0 aromatic carbocycles. The molecule has 0 saturated heterocycles. The van der Waals surface area contributed by atoms with Gasteiger partial charge in [-0.3, -0.25) is 0 Å². The summed E-state index contributed by atoms with van der Waals surface area (Å²) in [5, 5.41) is 14.6. The fourth-order valence-corrected chi connectivity index (χ4v) is 4.11. The van der Waals surface area contributed by atoms with Gasteiger partial charge in [0.1, 0.15) is 0 Å². The molecule has 1 nitrogen and oxygen atoms in total. The Morgan fingerprint density at radius 2 is 2.07 bits per heavy atom. The zero-order valence-electron chi connectivity index (χ0n) is 8.51. The molecule has 1 unspecified atom stereocenters. The summed E-state index contributed by atoms with van der Waals surface area (Å²) >= 11 is 5.14. The van der Waals surface area contributed by atoms with Gasteiger partial charge in [-0.2, -0.15) is 11.3 Å². The van der Waals surface area contributed by atoms with Gasteiger partial charge in [-0.05, 0) is 46.0 Å². The Hall–Kier alpha value is 0.140. The average molecular weight is 275 g/mol. The van der Waals surface area contributed by atoms with Gasteiger partial charge in [0.15, 0.2) is 0 Å². The minimum Gasteiger partial charge on any atom is -0.385 e. The zero-order valence-corrected chi connectivity index (χ0v) is 10.9. The summed E-state index contributed by atoms with van der Waals surface area (Å²) in [6.45, 7) is 4.45. The van der Waals surface area contributed by atoms with E-state index in [2.05, 4.69) is 35.2 Å². The van der Waals surface area contributed by atoms with Crippen LogP contribution in [0.15, 0.2) is 15.2 Å². The minimum atomic E-state index is -0.595. The van der Waals surface area contributed by atoms with Crippen LogP contribution in [0.2, 0.25) is 0 Å². The van der Waals surface area contributed by atoms with Gasteiger partial charge in [0.2, 0.25) is 0 Å². The zero-order chi connectivity index (χ0) is 10.4. The Morgan fingerprint density at radius 3 is 2.50 bits per heavy atom. The molecule has 14 heavy (non-hydrogen) atoms. The van der Waals surface area contributed by atoms with Crippen molar-refractivity contribution in [3.8, 4) is 0 Å². The summed E-state index contributed by atoms with van der Waals surface area (Å²) in [4.78, 5) is 0. The molecule has 1 aliphatic carbocycles. The van der Waals surface area contributed by atoms with Crippen LogP contribution in [0.5, 0.6) is 0 Å².